The van der Waals surface area contributed by atoms with Gasteiger partial charge in [-0.05, 0) is 30.2 Å². The molecule has 0 bridgehead atoms. The minimum atomic E-state index is -0.403. The second kappa shape index (κ2) is 9.49. The van der Waals surface area contributed by atoms with Crippen LogP contribution in [0.25, 0.3) is 0 Å². The lowest BCUT2D eigenvalue weighted by Crippen LogP contribution is -2.17. The van der Waals surface area contributed by atoms with Gasteiger partial charge in [-0.25, -0.2) is 4.79 Å². The van der Waals surface area contributed by atoms with Crippen molar-refractivity contribution in [1.82, 2.24) is 0 Å². The number of hydrogen-bond donors (Lipinski definition) is 1. The number of carbonyl (C=O) groups is 2. The third kappa shape index (κ3) is 5.70. The van der Waals surface area contributed by atoms with Crippen molar-refractivity contribution in [2.45, 2.75) is 27.2 Å². The molecule has 0 unspecified atom stereocenters. The summed E-state index contributed by atoms with van der Waals surface area (Å²) in [6.45, 7) is 6.19. The molecule has 1 rings (SSSR count). The lowest BCUT2D eigenvalue weighted by Gasteiger charge is -2.09. The quantitative estimate of drug-likeness (QED) is 0.580. The molecule has 22 heavy (non-hydrogen) atoms. The van der Waals surface area contributed by atoms with Crippen molar-refractivity contribution < 1.29 is 14.3 Å². The maximum atomic E-state index is 12.2. The van der Waals surface area contributed by atoms with E-state index in [0.717, 1.165) is 12.0 Å². The Labute approximate surface area is 139 Å². The number of thiophene rings is 1. The fraction of sp³-hybridized carbons (Fsp3) is 0.533. The number of ether oxygens (including phenoxy) is 1. The van der Waals surface area contributed by atoms with Gasteiger partial charge in [0.15, 0.2) is 0 Å². The van der Waals surface area contributed by atoms with E-state index in [1.807, 2.05) is 11.4 Å². The van der Waals surface area contributed by atoms with Crippen molar-refractivity contribution in [3.05, 3.63) is 16.5 Å². The van der Waals surface area contributed by atoms with Crippen LogP contribution in [0.4, 0.5) is 5.00 Å². The molecule has 7 heteroatoms. The topological polar surface area (TPSA) is 79.2 Å². The fourth-order valence-electron chi connectivity index (χ4n) is 1.85. The Morgan fingerprint density at radius 3 is 2.82 bits per heavy atom. The van der Waals surface area contributed by atoms with Crippen LogP contribution in [0.1, 0.15) is 36.7 Å². The summed E-state index contributed by atoms with van der Waals surface area (Å²) in [7, 11) is 0. The molecule has 0 fully saturated rings. The number of carbonyl (C=O) groups excluding carboxylic acids is 2. The van der Waals surface area contributed by atoms with Crippen LogP contribution in [0.5, 0.6) is 0 Å². The first kappa shape index (κ1) is 18.5. The second-order valence-corrected chi connectivity index (χ2v) is 6.85. The number of nitrogens with zero attached hydrogens (tertiary/aromatic N) is 1. The maximum absolute atomic E-state index is 12.2. The summed E-state index contributed by atoms with van der Waals surface area (Å²) >= 11 is 2.57. The summed E-state index contributed by atoms with van der Waals surface area (Å²) in [5.41, 5.74) is 1.36. The third-order valence-electron chi connectivity index (χ3n) is 2.63. The Hall–Kier alpha value is -1.52. The zero-order valence-electron chi connectivity index (χ0n) is 13.0. The van der Waals surface area contributed by atoms with E-state index in [1.54, 1.807) is 6.92 Å². The van der Waals surface area contributed by atoms with Gasteiger partial charge in [0.05, 0.1) is 29.7 Å². The van der Waals surface area contributed by atoms with Crippen molar-refractivity contribution >= 4 is 40.0 Å². The van der Waals surface area contributed by atoms with Gasteiger partial charge in [-0.15, -0.1) is 23.1 Å². The first-order valence-electron chi connectivity index (χ1n) is 7.01. The van der Waals surface area contributed by atoms with E-state index in [9.17, 15) is 9.59 Å². The first-order chi connectivity index (χ1) is 10.5. The zero-order chi connectivity index (χ0) is 16.5. The van der Waals surface area contributed by atoms with E-state index in [0.29, 0.717) is 23.1 Å². The Balaban J connectivity index is 2.89. The van der Waals surface area contributed by atoms with Gasteiger partial charge in [0, 0.05) is 0 Å². The molecule has 0 radical (unpaired) electrons. The van der Waals surface area contributed by atoms with Gasteiger partial charge >= 0.3 is 5.97 Å². The van der Waals surface area contributed by atoms with Crippen molar-refractivity contribution in [1.29, 1.82) is 5.26 Å². The Morgan fingerprint density at radius 1 is 1.50 bits per heavy atom. The zero-order valence-corrected chi connectivity index (χ0v) is 14.6. The van der Waals surface area contributed by atoms with Crippen LogP contribution in [0.3, 0.4) is 0 Å². The molecular formula is C15H20N2O3S2. The molecule has 1 heterocycles. The molecule has 0 saturated carbocycles. The third-order valence-corrected chi connectivity index (χ3v) is 4.37. The molecule has 1 aromatic heterocycles. The number of hydrogen-bond acceptors (Lipinski definition) is 6. The van der Waals surface area contributed by atoms with Crippen LogP contribution >= 0.6 is 23.1 Å². The van der Waals surface area contributed by atoms with E-state index in [1.165, 1.54) is 23.1 Å². The summed E-state index contributed by atoms with van der Waals surface area (Å²) in [5, 5.41) is 13.6. The Kier molecular flexibility index (Phi) is 7.99. The number of anilines is 1. The summed E-state index contributed by atoms with van der Waals surface area (Å²) in [5.74, 6) is 0.231. The fourth-order valence-corrected chi connectivity index (χ4v) is 3.28. The van der Waals surface area contributed by atoms with Crippen LogP contribution < -0.4 is 5.32 Å². The highest BCUT2D eigenvalue weighted by Crippen LogP contribution is 2.31. The summed E-state index contributed by atoms with van der Waals surface area (Å²) < 4.78 is 5.10. The first-order valence-corrected chi connectivity index (χ1v) is 9.05. The molecule has 0 atom stereocenters. The monoisotopic (exact) mass is 340 g/mol. The Morgan fingerprint density at radius 2 is 2.23 bits per heavy atom. The molecule has 1 N–H and O–H groups in total. The number of thioether (sulfide) groups is 1. The van der Waals surface area contributed by atoms with Crippen LogP contribution in [-0.2, 0) is 16.0 Å². The van der Waals surface area contributed by atoms with Gasteiger partial charge in [-0.2, -0.15) is 5.26 Å². The van der Waals surface area contributed by atoms with Gasteiger partial charge in [-0.3, -0.25) is 4.79 Å². The molecule has 0 aliphatic heterocycles. The standard InChI is InChI=1S/C15H20N2O3S2/c1-4-20-15(19)13-11(7-10(2)3)8-22-14(13)17-12(18)9-21-6-5-16/h8,10H,4,6-7,9H2,1-3H3,(H,17,18). The number of rotatable bonds is 8. The van der Waals surface area contributed by atoms with E-state index in [2.05, 4.69) is 19.2 Å². The molecular weight excluding hydrogens is 320 g/mol. The average molecular weight is 340 g/mol. The van der Waals surface area contributed by atoms with Crippen molar-refractivity contribution in [3.8, 4) is 6.07 Å². The molecule has 120 valence electrons. The normalized spacial score (nSPS) is 10.3. The molecule has 0 spiro atoms. The predicted molar refractivity (Wildman–Crippen MR) is 90.4 cm³/mol. The summed E-state index contributed by atoms with van der Waals surface area (Å²) in [6.07, 6.45) is 0.754. The van der Waals surface area contributed by atoms with E-state index in [-0.39, 0.29) is 17.4 Å². The number of nitrogens with one attached hydrogen (secondary N) is 1. The highest BCUT2D eigenvalue weighted by Gasteiger charge is 2.22. The number of amides is 1. The molecule has 0 aliphatic carbocycles. The van der Waals surface area contributed by atoms with Gasteiger partial charge in [0.1, 0.15) is 5.00 Å². The smallest absolute Gasteiger partial charge is 0.341 e. The van der Waals surface area contributed by atoms with Crippen LogP contribution in [0.2, 0.25) is 0 Å². The number of esters is 1. The van der Waals surface area contributed by atoms with Crippen molar-refractivity contribution in [3.63, 3.8) is 0 Å². The minimum absolute atomic E-state index is 0.188. The van der Waals surface area contributed by atoms with Crippen molar-refractivity contribution in [2.75, 3.05) is 23.4 Å². The van der Waals surface area contributed by atoms with Gasteiger partial charge in [0.2, 0.25) is 5.91 Å². The summed E-state index contributed by atoms with van der Waals surface area (Å²) in [4.78, 5) is 24.0. The maximum Gasteiger partial charge on any atom is 0.341 e. The van der Waals surface area contributed by atoms with Crippen LogP contribution in [0, 0.1) is 17.2 Å². The molecule has 0 aliphatic rings. The Bertz CT molecular complexity index is 562. The lowest BCUT2D eigenvalue weighted by atomic mass is 10.0. The van der Waals surface area contributed by atoms with Crippen LogP contribution in [-0.4, -0.2) is 30.0 Å². The van der Waals surface area contributed by atoms with Crippen LogP contribution in [0.15, 0.2) is 5.38 Å². The second-order valence-electron chi connectivity index (χ2n) is 4.98. The average Bonchev–Trinajstić information content (AvgIpc) is 2.81. The predicted octanol–water partition coefficient (Wildman–Crippen LogP) is 3.32. The highest BCUT2D eigenvalue weighted by molar-refractivity contribution is 8.00. The van der Waals surface area contributed by atoms with Gasteiger partial charge in [0.25, 0.3) is 0 Å². The van der Waals surface area contributed by atoms with E-state index >= 15 is 0 Å². The van der Waals surface area contributed by atoms with Crippen molar-refractivity contribution in [2.24, 2.45) is 5.92 Å². The minimum Gasteiger partial charge on any atom is -0.462 e. The number of nitriles is 1. The summed E-state index contributed by atoms with van der Waals surface area (Å²) in [6, 6.07) is 1.97. The molecule has 0 saturated heterocycles. The molecule has 1 amide bonds. The molecule has 0 aromatic carbocycles. The van der Waals surface area contributed by atoms with E-state index in [4.69, 9.17) is 10.00 Å². The van der Waals surface area contributed by atoms with Gasteiger partial charge in [-0.1, -0.05) is 13.8 Å². The SMILES string of the molecule is CCOC(=O)c1c(CC(C)C)csc1NC(=O)CSCC#N. The largest absolute Gasteiger partial charge is 0.462 e. The highest BCUT2D eigenvalue weighted by atomic mass is 32.2. The van der Waals surface area contributed by atoms with E-state index < -0.39 is 5.97 Å². The molecule has 1 aromatic rings. The molecule has 5 nitrogen and oxygen atoms in total. The van der Waals surface area contributed by atoms with Gasteiger partial charge < -0.3 is 10.1 Å². The lowest BCUT2D eigenvalue weighted by molar-refractivity contribution is -0.113.